The third-order valence-corrected chi connectivity index (χ3v) is 9.98. The Kier molecular flexibility index (Phi) is 14.2. The highest BCUT2D eigenvalue weighted by Crippen LogP contribution is 2.60. The highest BCUT2D eigenvalue weighted by Gasteiger charge is 2.49. The number of hydrogen-bond acceptors (Lipinski definition) is 9. The summed E-state index contributed by atoms with van der Waals surface area (Å²) in [4.78, 5) is 0. The summed E-state index contributed by atoms with van der Waals surface area (Å²) in [5.74, 6) is -1.74. The molecule has 0 aliphatic carbocycles. The Bertz CT molecular complexity index is 650. The Balaban J connectivity index is 0.000000360. The van der Waals surface area contributed by atoms with Gasteiger partial charge in [-0.3, -0.25) is 9.13 Å². The number of ether oxygens (including phenoxy) is 2. The molecule has 13 heteroatoms. The molecule has 0 amide bonds. The van der Waals surface area contributed by atoms with Crippen molar-refractivity contribution in [3.63, 3.8) is 0 Å². The summed E-state index contributed by atoms with van der Waals surface area (Å²) in [6.07, 6.45) is -4.48. The summed E-state index contributed by atoms with van der Waals surface area (Å²) < 4.78 is 84.8. The van der Waals surface area contributed by atoms with E-state index in [1.54, 1.807) is 55.4 Å². The average Bonchev–Trinajstić information content (AvgIpc) is 3.28. The van der Waals surface area contributed by atoms with Crippen LogP contribution in [0, 0.1) is 0 Å². The number of aliphatic hydroxyl groups is 1. The van der Waals surface area contributed by atoms with Crippen molar-refractivity contribution in [1.82, 2.24) is 0 Å². The van der Waals surface area contributed by atoms with E-state index in [-0.39, 0.29) is 37.3 Å². The monoisotopic (exact) mass is 566 g/mol. The fraction of sp³-hybridized carbons (Fsp3) is 1.00. The number of aliphatic hydroxyl groups excluding tert-OH is 1. The largest absolute Gasteiger partial charge is 0.394 e. The maximum atomic E-state index is 13.7. The molecule has 2 aliphatic rings. The quantitative estimate of drug-likeness (QED) is 0.270. The zero-order valence-corrected chi connectivity index (χ0v) is 24.8. The fourth-order valence-electron chi connectivity index (χ4n) is 3.79. The van der Waals surface area contributed by atoms with Crippen LogP contribution < -0.4 is 0 Å². The molecule has 0 aromatic heterocycles. The molecule has 6 atom stereocenters. The topological polar surface area (TPSA) is 110 Å². The van der Waals surface area contributed by atoms with Crippen LogP contribution in [0.15, 0.2) is 0 Å². The first-order valence-corrected chi connectivity index (χ1v) is 15.9. The minimum Gasteiger partial charge on any atom is -0.394 e. The molecule has 36 heavy (non-hydrogen) atoms. The first-order chi connectivity index (χ1) is 16.6. The summed E-state index contributed by atoms with van der Waals surface area (Å²) in [6, 6.07) is 0. The van der Waals surface area contributed by atoms with Gasteiger partial charge >= 0.3 is 15.2 Å². The third-order valence-electron chi connectivity index (χ3n) is 5.04. The van der Waals surface area contributed by atoms with Crippen LogP contribution in [0.1, 0.15) is 81.6 Å². The van der Waals surface area contributed by atoms with Gasteiger partial charge in [-0.15, -0.1) is 0 Å². The summed E-state index contributed by atoms with van der Waals surface area (Å²) in [6.45, 7) is 15.4. The molecule has 216 valence electrons. The van der Waals surface area contributed by atoms with Crippen LogP contribution in [0.5, 0.6) is 0 Å². The number of hydrogen-bond donors (Lipinski definition) is 1. The van der Waals surface area contributed by atoms with E-state index in [1.807, 2.05) is 6.92 Å². The van der Waals surface area contributed by atoms with E-state index >= 15 is 0 Å². The molecule has 0 bridgehead atoms. The number of halogens is 2. The van der Waals surface area contributed by atoms with Gasteiger partial charge in [0.2, 0.25) is 0 Å². The Morgan fingerprint density at radius 1 is 0.722 bits per heavy atom. The van der Waals surface area contributed by atoms with Crippen LogP contribution in [0.2, 0.25) is 0 Å². The highest BCUT2D eigenvalue weighted by atomic mass is 31.2. The van der Waals surface area contributed by atoms with E-state index in [0.29, 0.717) is 6.42 Å². The van der Waals surface area contributed by atoms with Crippen molar-refractivity contribution in [3.05, 3.63) is 0 Å². The summed E-state index contributed by atoms with van der Waals surface area (Å²) in [7, 11) is -6.97. The summed E-state index contributed by atoms with van der Waals surface area (Å²) in [5, 5.41) is 8.95. The number of rotatable bonds is 12. The predicted molar refractivity (Wildman–Crippen MR) is 134 cm³/mol. The molecule has 2 fully saturated rings. The van der Waals surface area contributed by atoms with Gasteiger partial charge in [-0.1, -0.05) is 6.92 Å². The lowest BCUT2D eigenvalue weighted by atomic mass is 10.2. The maximum absolute atomic E-state index is 13.7. The van der Waals surface area contributed by atoms with Crippen molar-refractivity contribution in [2.24, 2.45) is 0 Å². The highest BCUT2D eigenvalue weighted by molar-refractivity contribution is 7.54. The third kappa shape index (κ3) is 10.3. The molecule has 2 aliphatic heterocycles. The molecular formula is C23H46F2O9P2. The Labute approximate surface area is 214 Å². The average molecular weight is 567 g/mol. The molecule has 0 saturated carbocycles. The van der Waals surface area contributed by atoms with Crippen molar-refractivity contribution < 1.29 is 50.6 Å². The molecule has 2 rings (SSSR count). The van der Waals surface area contributed by atoms with Crippen LogP contribution in [-0.4, -0.2) is 72.4 Å². The standard InChI is InChI=1S/C12H24FO4P.C11H22FO5P/c1-6-11-10(13)7-12(15-11)18(14,16-8(2)3)17-9(4)5;1-7(2)16-18(14,17-8(3)4)11-5-9(12)10(6-13)15-11/h8-12H,6-7H2,1-5H3;7-11,13H,5-6H2,1-4H3/t10-,11+,12-;9-,10+,11-/m00/s1. The van der Waals surface area contributed by atoms with Crippen molar-refractivity contribution in [2.75, 3.05) is 6.61 Å². The van der Waals surface area contributed by atoms with E-state index in [4.69, 9.17) is 32.7 Å². The van der Waals surface area contributed by atoms with E-state index in [9.17, 15) is 17.9 Å². The molecular weight excluding hydrogens is 520 g/mol. The first kappa shape index (κ1) is 34.1. The lowest BCUT2D eigenvalue weighted by molar-refractivity contribution is 0.00303. The van der Waals surface area contributed by atoms with E-state index in [2.05, 4.69) is 0 Å². The second-order valence-corrected chi connectivity index (χ2v) is 14.2. The Hall–Kier alpha value is 0.0400. The number of alkyl halides is 2. The molecule has 1 N–H and O–H groups in total. The normalized spacial score (nSPS) is 29.4. The van der Waals surface area contributed by atoms with Crippen molar-refractivity contribution in [2.45, 2.75) is 142 Å². The smallest absolute Gasteiger partial charge is 0.359 e. The lowest BCUT2D eigenvalue weighted by Gasteiger charge is -2.27. The van der Waals surface area contributed by atoms with Gasteiger partial charge in [0.25, 0.3) is 0 Å². The molecule has 0 aromatic carbocycles. The van der Waals surface area contributed by atoms with E-state index < -0.39 is 58.0 Å². The maximum Gasteiger partial charge on any atom is 0.359 e. The van der Waals surface area contributed by atoms with Gasteiger partial charge in [0, 0.05) is 12.8 Å². The SMILES string of the molecule is CC(C)OP(=O)(OC(C)C)[C@H]1C[C@H](F)[C@@H](CO)O1.CC[C@H]1O[C@@H](P(=O)(OC(C)C)OC(C)C)C[C@@H]1F. The van der Waals surface area contributed by atoms with Gasteiger partial charge in [-0.2, -0.15) is 0 Å². The predicted octanol–water partition coefficient (Wildman–Crippen LogP) is 6.37. The molecule has 9 nitrogen and oxygen atoms in total. The van der Waals surface area contributed by atoms with Crippen molar-refractivity contribution in [1.29, 1.82) is 0 Å². The van der Waals surface area contributed by atoms with Gasteiger partial charge < -0.3 is 32.7 Å². The van der Waals surface area contributed by atoms with Gasteiger partial charge in [0.1, 0.15) is 18.4 Å². The van der Waals surface area contributed by atoms with Gasteiger partial charge in [-0.25, -0.2) is 8.78 Å². The molecule has 0 spiro atoms. The second kappa shape index (κ2) is 15.0. The zero-order valence-electron chi connectivity index (χ0n) is 23.0. The minimum absolute atomic E-state index is 0.0786. The molecule has 0 unspecified atom stereocenters. The molecule has 2 heterocycles. The summed E-state index contributed by atoms with van der Waals surface area (Å²) in [5.41, 5.74) is 0. The Morgan fingerprint density at radius 2 is 1.03 bits per heavy atom. The van der Waals surface area contributed by atoms with Crippen LogP contribution in [-0.2, 0) is 36.7 Å². The van der Waals surface area contributed by atoms with Crippen LogP contribution in [0.4, 0.5) is 8.78 Å². The van der Waals surface area contributed by atoms with E-state index in [0.717, 1.165) is 0 Å². The second-order valence-electron chi connectivity index (χ2n) is 10.0. The Morgan fingerprint density at radius 3 is 1.25 bits per heavy atom. The van der Waals surface area contributed by atoms with Crippen LogP contribution in [0.25, 0.3) is 0 Å². The zero-order chi connectivity index (χ0) is 27.8. The van der Waals surface area contributed by atoms with Crippen molar-refractivity contribution in [3.8, 4) is 0 Å². The van der Waals surface area contributed by atoms with Crippen LogP contribution >= 0.6 is 15.2 Å². The fourth-order valence-corrected chi connectivity index (χ4v) is 8.31. The molecule has 0 radical (unpaired) electrons. The van der Waals surface area contributed by atoms with Gasteiger partial charge in [-0.05, 0) is 61.8 Å². The van der Waals surface area contributed by atoms with Gasteiger partial charge in [0.15, 0.2) is 11.7 Å². The van der Waals surface area contributed by atoms with Gasteiger partial charge in [0.05, 0.1) is 37.1 Å². The molecule has 2 saturated heterocycles. The van der Waals surface area contributed by atoms with Crippen LogP contribution in [0.3, 0.4) is 0 Å². The first-order valence-electron chi connectivity index (χ1n) is 12.7. The van der Waals surface area contributed by atoms with Crippen molar-refractivity contribution >= 4 is 15.2 Å². The minimum atomic E-state index is -3.54. The lowest BCUT2D eigenvalue weighted by Crippen LogP contribution is -2.22. The van der Waals surface area contributed by atoms with E-state index in [1.165, 1.54) is 0 Å². The molecule has 0 aromatic rings. The summed E-state index contributed by atoms with van der Waals surface area (Å²) >= 11 is 0.